The van der Waals surface area contributed by atoms with Crippen LogP contribution in [0.2, 0.25) is 0 Å². The van der Waals surface area contributed by atoms with Crippen molar-refractivity contribution in [2.75, 3.05) is 18.7 Å². The molecule has 0 N–H and O–H groups in total. The third-order valence-corrected chi connectivity index (χ3v) is 5.49. The number of benzene rings is 3. The molecule has 0 bridgehead atoms. The van der Waals surface area contributed by atoms with Crippen molar-refractivity contribution >= 4 is 11.9 Å². The minimum atomic E-state index is 0.426. The Labute approximate surface area is 159 Å². The van der Waals surface area contributed by atoms with Gasteiger partial charge in [-0.2, -0.15) is 5.10 Å². The van der Waals surface area contributed by atoms with Gasteiger partial charge in [0.1, 0.15) is 0 Å². The van der Waals surface area contributed by atoms with Crippen LogP contribution in [-0.4, -0.2) is 26.0 Å². The number of nitrogens with zero attached hydrogens (tertiary/aromatic N) is 2. The number of anilines is 1. The van der Waals surface area contributed by atoms with E-state index < -0.39 is 0 Å². The number of hydrogen-bond donors (Lipinski definition) is 0. The van der Waals surface area contributed by atoms with E-state index in [2.05, 4.69) is 59.7 Å². The summed E-state index contributed by atoms with van der Waals surface area (Å²) >= 11 is 0. The van der Waals surface area contributed by atoms with E-state index in [9.17, 15) is 0 Å². The Bertz CT molecular complexity index is 992. The van der Waals surface area contributed by atoms with Crippen molar-refractivity contribution in [2.24, 2.45) is 5.10 Å². The Balaban J connectivity index is 1.46. The first-order valence-corrected chi connectivity index (χ1v) is 9.47. The molecule has 1 fully saturated rings. The van der Waals surface area contributed by atoms with Gasteiger partial charge in [-0.3, -0.25) is 5.01 Å². The molecule has 27 heavy (non-hydrogen) atoms. The predicted octanol–water partition coefficient (Wildman–Crippen LogP) is 5.06. The van der Waals surface area contributed by atoms with E-state index in [0.29, 0.717) is 12.0 Å². The Morgan fingerprint density at radius 2 is 1.70 bits per heavy atom. The Kier molecular flexibility index (Phi) is 4.02. The van der Waals surface area contributed by atoms with Gasteiger partial charge in [-0.1, -0.05) is 54.6 Å². The summed E-state index contributed by atoms with van der Waals surface area (Å²) in [6.45, 7) is 0.907. The molecule has 0 amide bonds. The average molecular weight is 354 g/mol. The molecule has 0 radical (unpaired) electrons. The molecular weight excluding hydrogens is 332 g/mol. The topological polar surface area (TPSA) is 28.1 Å². The standard InChI is InChI=1S/C24H22N2O/c1-26(18-7-3-2-4-8-18)25-15-17-11-12-22-23(13-17)20-9-5-6-10-21(20)24(22)14-19-16-27-19/h2-13,15,19,24H,14,16H2,1H3/b25-15+. The van der Waals surface area contributed by atoms with E-state index in [1.807, 2.05) is 36.5 Å². The summed E-state index contributed by atoms with van der Waals surface area (Å²) in [5.74, 6) is 0.446. The summed E-state index contributed by atoms with van der Waals surface area (Å²) in [5.41, 5.74) is 7.73. The molecule has 2 unspecified atom stereocenters. The fraction of sp³-hybridized carbons (Fsp3) is 0.208. The lowest BCUT2D eigenvalue weighted by molar-refractivity contribution is 0.389. The minimum Gasteiger partial charge on any atom is -0.373 e. The normalized spacial score (nSPS) is 19.7. The number of epoxide rings is 1. The quantitative estimate of drug-likeness (QED) is 0.364. The highest BCUT2D eigenvalue weighted by molar-refractivity contribution is 5.87. The molecule has 134 valence electrons. The molecule has 1 heterocycles. The maximum Gasteiger partial charge on any atom is 0.0819 e. The van der Waals surface area contributed by atoms with Gasteiger partial charge < -0.3 is 4.74 Å². The SMILES string of the molecule is CN(/N=C/c1ccc2c(c1)-c1ccccc1C2CC1CO1)c1ccccc1. The highest BCUT2D eigenvalue weighted by atomic mass is 16.6. The summed E-state index contributed by atoms with van der Waals surface area (Å²) in [6, 6.07) is 25.7. The summed E-state index contributed by atoms with van der Waals surface area (Å²) < 4.78 is 5.50. The van der Waals surface area contributed by atoms with E-state index in [1.54, 1.807) is 0 Å². The smallest absolute Gasteiger partial charge is 0.0819 e. The molecule has 3 nitrogen and oxygen atoms in total. The van der Waals surface area contributed by atoms with E-state index in [4.69, 9.17) is 4.74 Å². The molecule has 0 spiro atoms. The Morgan fingerprint density at radius 3 is 2.52 bits per heavy atom. The lowest BCUT2D eigenvalue weighted by Gasteiger charge is -2.13. The number of fused-ring (bicyclic) bond motifs is 3. The molecule has 2 atom stereocenters. The largest absolute Gasteiger partial charge is 0.373 e. The first-order chi connectivity index (χ1) is 13.3. The van der Waals surface area contributed by atoms with Gasteiger partial charge in [0.05, 0.1) is 24.6 Å². The van der Waals surface area contributed by atoms with Crippen LogP contribution >= 0.6 is 0 Å². The maximum absolute atomic E-state index is 5.50. The van der Waals surface area contributed by atoms with Crippen molar-refractivity contribution in [3.8, 4) is 11.1 Å². The second-order valence-corrected chi connectivity index (χ2v) is 7.28. The van der Waals surface area contributed by atoms with Crippen LogP contribution in [0.5, 0.6) is 0 Å². The van der Waals surface area contributed by atoms with Crippen LogP contribution in [0, 0.1) is 0 Å². The fourth-order valence-electron chi connectivity index (χ4n) is 3.99. The van der Waals surface area contributed by atoms with Gasteiger partial charge in [0.2, 0.25) is 0 Å². The lowest BCUT2D eigenvalue weighted by Crippen LogP contribution is -2.08. The van der Waals surface area contributed by atoms with Gasteiger partial charge >= 0.3 is 0 Å². The molecule has 5 rings (SSSR count). The highest BCUT2D eigenvalue weighted by Gasteiger charge is 2.34. The zero-order valence-corrected chi connectivity index (χ0v) is 15.4. The Morgan fingerprint density at radius 1 is 0.963 bits per heavy atom. The van der Waals surface area contributed by atoms with Crippen molar-refractivity contribution in [3.63, 3.8) is 0 Å². The molecule has 1 aliphatic carbocycles. The van der Waals surface area contributed by atoms with Crippen molar-refractivity contribution < 1.29 is 4.74 Å². The molecule has 1 aliphatic heterocycles. The van der Waals surface area contributed by atoms with Gasteiger partial charge in [-0.15, -0.1) is 0 Å². The first-order valence-electron chi connectivity index (χ1n) is 9.47. The monoisotopic (exact) mass is 354 g/mol. The lowest BCUT2D eigenvalue weighted by atomic mass is 9.92. The zero-order valence-electron chi connectivity index (χ0n) is 15.4. The van der Waals surface area contributed by atoms with E-state index >= 15 is 0 Å². The molecule has 2 aliphatic rings. The molecule has 1 saturated heterocycles. The molecule has 0 saturated carbocycles. The number of hydrogen-bond acceptors (Lipinski definition) is 3. The third-order valence-electron chi connectivity index (χ3n) is 5.49. The van der Waals surface area contributed by atoms with Crippen molar-refractivity contribution in [1.82, 2.24) is 0 Å². The Hall–Kier alpha value is -2.91. The first kappa shape index (κ1) is 16.3. The van der Waals surface area contributed by atoms with Crippen LogP contribution < -0.4 is 5.01 Å². The zero-order chi connectivity index (χ0) is 18.2. The maximum atomic E-state index is 5.50. The summed E-state index contributed by atoms with van der Waals surface area (Å²) in [5, 5.41) is 6.51. The average Bonchev–Trinajstić information content (AvgIpc) is 3.50. The van der Waals surface area contributed by atoms with Gasteiger partial charge in [0.15, 0.2) is 0 Å². The van der Waals surface area contributed by atoms with Crippen LogP contribution in [-0.2, 0) is 4.74 Å². The molecule has 3 aromatic rings. The number of ether oxygens (including phenoxy) is 1. The molecule has 0 aromatic heterocycles. The molecule has 3 heteroatoms. The second-order valence-electron chi connectivity index (χ2n) is 7.28. The fourth-order valence-corrected chi connectivity index (χ4v) is 3.99. The van der Waals surface area contributed by atoms with Crippen LogP contribution in [0.25, 0.3) is 11.1 Å². The van der Waals surface area contributed by atoms with Crippen molar-refractivity contribution in [2.45, 2.75) is 18.4 Å². The minimum absolute atomic E-state index is 0.426. The van der Waals surface area contributed by atoms with Crippen LogP contribution in [0.3, 0.4) is 0 Å². The van der Waals surface area contributed by atoms with Crippen LogP contribution in [0.15, 0.2) is 77.9 Å². The predicted molar refractivity (Wildman–Crippen MR) is 111 cm³/mol. The van der Waals surface area contributed by atoms with Gasteiger partial charge in [-0.05, 0) is 52.4 Å². The summed E-state index contributed by atoms with van der Waals surface area (Å²) in [7, 11) is 1.97. The van der Waals surface area contributed by atoms with E-state index in [-0.39, 0.29) is 0 Å². The van der Waals surface area contributed by atoms with Crippen molar-refractivity contribution in [1.29, 1.82) is 0 Å². The summed E-state index contributed by atoms with van der Waals surface area (Å²) in [4.78, 5) is 0. The van der Waals surface area contributed by atoms with Crippen molar-refractivity contribution in [3.05, 3.63) is 89.5 Å². The van der Waals surface area contributed by atoms with Gasteiger partial charge in [0.25, 0.3) is 0 Å². The number of hydrazone groups is 1. The highest BCUT2D eigenvalue weighted by Crippen LogP contribution is 2.48. The van der Waals surface area contributed by atoms with E-state index in [1.165, 1.54) is 22.3 Å². The molecular formula is C24H22N2O. The van der Waals surface area contributed by atoms with Gasteiger partial charge in [0, 0.05) is 13.0 Å². The second kappa shape index (κ2) is 6.67. The van der Waals surface area contributed by atoms with Crippen LogP contribution in [0.4, 0.5) is 5.69 Å². The summed E-state index contributed by atoms with van der Waals surface area (Å²) in [6.07, 6.45) is 3.44. The van der Waals surface area contributed by atoms with Crippen LogP contribution in [0.1, 0.15) is 29.0 Å². The van der Waals surface area contributed by atoms with E-state index in [0.717, 1.165) is 24.3 Å². The number of rotatable bonds is 5. The van der Waals surface area contributed by atoms with Gasteiger partial charge in [-0.25, -0.2) is 0 Å². The molecule has 3 aromatic carbocycles. The number of para-hydroxylation sites is 1. The third kappa shape index (κ3) is 3.15.